The lowest BCUT2D eigenvalue weighted by Gasteiger charge is -2.13. The van der Waals surface area contributed by atoms with E-state index in [0.717, 1.165) is 11.8 Å². The first-order chi connectivity index (χ1) is 8.08. The molecule has 2 nitrogen and oxygen atoms in total. The Morgan fingerprint density at radius 1 is 1.12 bits per heavy atom. The molecule has 0 bridgehead atoms. The summed E-state index contributed by atoms with van der Waals surface area (Å²) < 4.78 is 26.1. The molecule has 0 fully saturated rings. The highest BCUT2D eigenvalue weighted by Gasteiger charge is 2.14. The predicted octanol–water partition coefficient (Wildman–Crippen LogP) is 2.75. The Kier molecular flexibility index (Phi) is 3.15. The van der Waals surface area contributed by atoms with Crippen molar-refractivity contribution >= 4 is 0 Å². The van der Waals surface area contributed by atoms with Crippen LogP contribution in [0.25, 0.3) is 0 Å². The summed E-state index contributed by atoms with van der Waals surface area (Å²) >= 11 is 0. The fourth-order valence-corrected chi connectivity index (χ4v) is 1.66. The van der Waals surface area contributed by atoms with Gasteiger partial charge in [0, 0.05) is 11.8 Å². The number of aromatic nitrogens is 1. The summed E-state index contributed by atoms with van der Waals surface area (Å²) in [5.74, 6) is -0.968. The Labute approximate surface area is 97.6 Å². The van der Waals surface area contributed by atoms with Crippen LogP contribution in [0.5, 0.6) is 0 Å². The van der Waals surface area contributed by atoms with Gasteiger partial charge in [0.1, 0.15) is 17.7 Å². The van der Waals surface area contributed by atoms with E-state index in [1.165, 1.54) is 24.4 Å². The van der Waals surface area contributed by atoms with Gasteiger partial charge in [-0.1, -0.05) is 6.07 Å². The lowest BCUT2D eigenvalue weighted by molar-refractivity contribution is 0.218. The highest BCUT2D eigenvalue weighted by Crippen LogP contribution is 2.25. The van der Waals surface area contributed by atoms with Crippen molar-refractivity contribution in [2.75, 3.05) is 0 Å². The van der Waals surface area contributed by atoms with Crippen molar-refractivity contribution in [3.63, 3.8) is 0 Å². The largest absolute Gasteiger partial charge is 0.384 e. The third kappa shape index (κ3) is 2.47. The number of aliphatic hydroxyl groups is 1. The molecule has 1 N–H and O–H groups in total. The number of aliphatic hydroxyl groups excluding tert-OH is 1. The maximum absolute atomic E-state index is 13.1. The van der Waals surface area contributed by atoms with Gasteiger partial charge in [-0.2, -0.15) is 0 Å². The second-order valence-electron chi connectivity index (χ2n) is 3.84. The number of hydrogen-bond donors (Lipinski definition) is 1. The van der Waals surface area contributed by atoms with E-state index in [4.69, 9.17) is 0 Å². The van der Waals surface area contributed by atoms with E-state index in [2.05, 4.69) is 4.98 Å². The van der Waals surface area contributed by atoms with Crippen LogP contribution in [0.3, 0.4) is 0 Å². The highest BCUT2D eigenvalue weighted by molar-refractivity contribution is 5.34. The second kappa shape index (κ2) is 4.59. The van der Waals surface area contributed by atoms with Gasteiger partial charge in [0.05, 0.1) is 6.20 Å². The molecule has 4 heteroatoms. The summed E-state index contributed by atoms with van der Waals surface area (Å²) in [6, 6.07) is 5.31. The van der Waals surface area contributed by atoms with Gasteiger partial charge >= 0.3 is 0 Å². The Morgan fingerprint density at radius 3 is 2.59 bits per heavy atom. The van der Waals surface area contributed by atoms with E-state index >= 15 is 0 Å². The average Bonchev–Trinajstić information content (AvgIpc) is 2.31. The molecule has 2 aromatic rings. The minimum atomic E-state index is -1.08. The fourth-order valence-electron chi connectivity index (χ4n) is 1.66. The van der Waals surface area contributed by atoms with Crippen LogP contribution in [0.1, 0.15) is 22.8 Å². The number of benzene rings is 1. The minimum absolute atomic E-state index is 0.304. The number of halogens is 2. The van der Waals surface area contributed by atoms with E-state index in [1.807, 2.05) is 0 Å². The molecule has 0 amide bonds. The quantitative estimate of drug-likeness (QED) is 0.868. The Balaban J connectivity index is 2.43. The van der Waals surface area contributed by atoms with E-state index in [-0.39, 0.29) is 0 Å². The van der Waals surface area contributed by atoms with Crippen LogP contribution in [0.15, 0.2) is 36.7 Å². The molecule has 1 heterocycles. The van der Waals surface area contributed by atoms with Crippen molar-refractivity contribution in [1.82, 2.24) is 4.98 Å². The zero-order chi connectivity index (χ0) is 12.4. The van der Waals surface area contributed by atoms with Gasteiger partial charge in [-0.05, 0) is 36.2 Å². The summed E-state index contributed by atoms with van der Waals surface area (Å²) in [6.07, 6.45) is 1.33. The van der Waals surface area contributed by atoms with Gasteiger partial charge in [0.15, 0.2) is 0 Å². The van der Waals surface area contributed by atoms with Gasteiger partial charge in [0.25, 0.3) is 0 Å². The first kappa shape index (κ1) is 11.7. The first-order valence-corrected chi connectivity index (χ1v) is 5.12. The molecule has 0 saturated heterocycles. The molecular formula is C13H11F2NO. The van der Waals surface area contributed by atoms with Crippen molar-refractivity contribution in [3.05, 3.63) is 65.0 Å². The predicted molar refractivity (Wildman–Crippen MR) is 59.4 cm³/mol. The minimum Gasteiger partial charge on any atom is -0.384 e. The summed E-state index contributed by atoms with van der Waals surface area (Å²) in [4.78, 5) is 3.65. The summed E-state index contributed by atoms with van der Waals surface area (Å²) in [6.45, 7) is 1.75. The maximum atomic E-state index is 13.1. The van der Waals surface area contributed by atoms with Gasteiger partial charge in [-0.25, -0.2) is 8.78 Å². The van der Waals surface area contributed by atoms with E-state index in [9.17, 15) is 13.9 Å². The third-order valence-corrected chi connectivity index (χ3v) is 2.58. The number of rotatable bonds is 2. The number of hydrogen-bond acceptors (Lipinski definition) is 2. The number of pyridine rings is 1. The maximum Gasteiger partial charge on any atom is 0.141 e. The van der Waals surface area contributed by atoms with Crippen molar-refractivity contribution < 1.29 is 13.9 Å². The Morgan fingerprint density at radius 2 is 1.88 bits per heavy atom. The van der Waals surface area contributed by atoms with Crippen LogP contribution in [-0.2, 0) is 0 Å². The lowest BCUT2D eigenvalue weighted by atomic mass is 9.98. The molecule has 0 radical (unpaired) electrons. The van der Waals surface area contributed by atoms with Crippen molar-refractivity contribution in [1.29, 1.82) is 0 Å². The topological polar surface area (TPSA) is 33.1 Å². The molecule has 0 aliphatic rings. The van der Waals surface area contributed by atoms with Crippen LogP contribution in [0.2, 0.25) is 0 Å². The summed E-state index contributed by atoms with van der Waals surface area (Å²) in [5, 5.41) is 10.0. The Bertz CT molecular complexity index is 543. The SMILES string of the molecule is Cc1ccc(F)cc1C(O)c1cncc(F)c1. The van der Waals surface area contributed by atoms with Gasteiger partial charge in [0.2, 0.25) is 0 Å². The summed E-state index contributed by atoms with van der Waals surface area (Å²) in [5.41, 5.74) is 1.46. The van der Waals surface area contributed by atoms with Crippen molar-refractivity contribution in [2.24, 2.45) is 0 Å². The zero-order valence-corrected chi connectivity index (χ0v) is 9.19. The normalized spacial score (nSPS) is 12.5. The number of aryl methyl sites for hydroxylation is 1. The van der Waals surface area contributed by atoms with Crippen LogP contribution in [-0.4, -0.2) is 10.1 Å². The van der Waals surface area contributed by atoms with Gasteiger partial charge in [-0.15, -0.1) is 0 Å². The highest BCUT2D eigenvalue weighted by atomic mass is 19.1. The molecule has 1 aromatic heterocycles. The third-order valence-electron chi connectivity index (χ3n) is 2.58. The molecule has 0 aliphatic heterocycles. The molecule has 0 aliphatic carbocycles. The smallest absolute Gasteiger partial charge is 0.141 e. The molecule has 1 unspecified atom stereocenters. The van der Waals surface area contributed by atoms with Crippen LogP contribution in [0.4, 0.5) is 8.78 Å². The molecule has 2 rings (SSSR count). The molecular weight excluding hydrogens is 224 g/mol. The lowest BCUT2D eigenvalue weighted by Crippen LogP contribution is -2.03. The van der Waals surface area contributed by atoms with Crippen LogP contribution in [0, 0.1) is 18.6 Å². The van der Waals surface area contributed by atoms with Gasteiger partial charge in [-0.3, -0.25) is 4.98 Å². The van der Waals surface area contributed by atoms with E-state index < -0.39 is 17.7 Å². The zero-order valence-electron chi connectivity index (χ0n) is 9.19. The van der Waals surface area contributed by atoms with Crippen LogP contribution < -0.4 is 0 Å². The molecule has 88 valence electrons. The summed E-state index contributed by atoms with van der Waals surface area (Å²) in [7, 11) is 0. The molecule has 0 spiro atoms. The van der Waals surface area contributed by atoms with Crippen molar-refractivity contribution in [2.45, 2.75) is 13.0 Å². The molecule has 0 saturated carbocycles. The standard InChI is InChI=1S/C13H11F2NO/c1-8-2-3-10(14)5-12(8)13(17)9-4-11(15)7-16-6-9/h2-7,13,17H,1H3. The molecule has 1 atom stereocenters. The number of nitrogens with zero attached hydrogens (tertiary/aromatic N) is 1. The van der Waals surface area contributed by atoms with E-state index in [1.54, 1.807) is 13.0 Å². The molecule has 1 aromatic carbocycles. The fraction of sp³-hybridized carbons (Fsp3) is 0.154. The Hall–Kier alpha value is -1.81. The van der Waals surface area contributed by atoms with E-state index in [0.29, 0.717) is 11.1 Å². The van der Waals surface area contributed by atoms with Crippen LogP contribution >= 0.6 is 0 Å². The average molecular weight is 235 g/mol. The molecule has 17 heavy (non-hydrogen) atoms. The monoisotopic (exact) mass is 235 g/mol. The second-order valence-corrected chi connectivity index (χ2v) is 3.84. The van der Waals surface area contributed by atoms with Crippen molar-refractivity contribution in [3.8, 4) is 0 Å². The first-order valence-electron chi connectivity index (χ1n) is 5.12. The van der Waals surface area contributed by atoms with Gasteiger partial charge < -0.3 is 5.11 Å².